The average molecular weight is 358 g/mol. The van der Waals surface area contributed by atoms with Crippen molar-refractivity contribution < 1.29 is 35.0 Å². The molecule has 0 amide bonds. The first-order chi connectivity index (χ1) is 12.4. The zero-order valence-electron chi connectivity index (χ0n) is 13.7. The molecular weight excluding hydrogens is 340 g/mol. The van der Waals surface area contributed by atoms with Crippen LogP contribution < -0.4 is 4.74 Å². The Hall–Kier alpha value is -2.58. The number of ether oxygens (including phenoxy) is 2. The Morgan fingerprint density at radius 3 is 2.50 bits per heavy atom. The number of phenolic OH excluding ortho intramolecular Hbond substituents is 2. The lowest BCUT2D eigenvalue weighted by Gasteiger charge is -2.24. The van der Waals surface area contributed by atoms with Gasteiger partial charge in [0, 0.05) is 16.8 Å². The molecule has 0 radical (unpaired) electrons. The third-order valence-corrected chi connectivity index (χ3v) is 4.72. The van der Waals surface area contributed by atoms with E-state index in [2.05, 4.69) is 0 Å². The molecule has 1 aliphatic rings. The van der Waals surface area contributed by atoms with Gasteiger partial charge in [0.05, 0.1) is 13.2 Å². The fourth-order valence-corrected chi connectivity index (χ4v) is 3.27. The zero-order chi connectivity index (χ0) is 18.5. The number of fused-ring (bicyclic) bond motifs is 3. The number of aromatic hydroxyl groups is 2. The average Bonchev–Trinajstić information content (AvgIpc) is 2.91. The van der Waals surface area contributed by atoms with Crippen molar-refractivity contribution in [2.24, 2.45) is 0 Å². The molecule has 7 heteroatoms. The molecule has 0 bridgehead atoms. The van der Waals surface area contributed by atoms with E-state index in [1.54, 1.807) is 24.3 Å². The smallest absolute Gasteiger partial charge is 0.229 e. The molecule has 3 aromatic carbocycles. The van der Waals surface area contributed by atoms with Crippen LogP contribution in [-0.2, 0) is 4.74 Å². The standard InChI is InChI=1S/C19H18O7/c20-8-19(24)9-25-18(17(19)23)26-12-6-11-5-4-10-2-1-3-13(21)15(10)16(11)14(22)7-12/h1-7,17-18,20-24H,8-9H2/t17-,18+,19+/m0/s1. The van der Waals surface area contributed by atoms with E-state index in [0.717, 1.165) is 5.39 Å². The van der Waals surface area contributed by atoms with Crippen LogP contribution in [0.5, 0.6) is 17.2 Å². The number of benzene rings is 3. The lowest BCUT2D eigenvalue weighted by Crippen LogP contribution is -2.48. The largest absolute Gasteiger partial charge is 0.507 e. The molecule has 0 spiro atoms. The molecular formula is C19H18O7. The number of hydrogen-bond acceptors (Lipinski definition) is 7. The van der Waals surface area contributed by atoms with Crippen molar-refractivity contribution in [1.82, 2.24) is 0 Å². The highest BCUT2D eigenvalue weighted by molar-refractivity contribution is 6.13. The fourth-order valence-electron chi connectivity index (χ4n) is 3.27. The van der Waals surface area contributed by atoms with E-state index in [4.69, 9.17) is 9.47 Å². The second kappa shape index (κ2) is 6.00. The van der Waals surface area contributed by atoms with E-state index < -0.39 is 24.6 Å². The summed E-state index contributed by atoms with van der Waals surface area (Å²) in [4.78, 5) is 0. The van der Waals surface area contributed by atoms with Gasteiger partial charge in [-0.05, 0) is 22.9 Å². The van der Waals surface area contributed by atoms with Crippen LogP contribution >= 0.6 is 0 Å². The third-order valence-electron chi connectivity index (χ3n) is 4.72. The zero-order valence-corrected chi connectivity index (χ0v) is 13.7. The molecule has 1 heterocycles. The molecule has 5 N–H and O–H groups in total. The molecule has 7 nitrogen and oxygen atoms in total. The second-order valence-electron chi connectivity index (χ2n) is 6.49. The molecule has 1 fully saturated rings. The lowest BCUT2D eigenvalue weighted by atomic mass is 10.00. The van der Waals surface area contributed by atoms with Crippen molar-refractivity contribution in [3.8, 4) is 17.2 Å². The lowest BCUT2D eigenvalue weighted by molar-refractivity contribution is -0.115. The van der Waals surface area contributed by atoms with E-state index in [9.17, 15) is 25.5 Å². The molecule has 0 saturated carbocycles. The van der Waals surface area contributed by atoms with Crippen LogP contribution in [0.2, 0.25) is 0 Å². The highest BCUT2D eigenvalue weighted by Crippen LogP contribution is 2.40. The summed E-state index contributed by atoms with van der Waals surface area (Å²) >= 11 is 0. The summed E-state index contributed by atoms with van der Waals surface area (Å²) < 4.78 is 10.8. The molecule has 0 aliphatic carbocycles. The maximum absolute atomic E-state index is 10.5. The molecule has 3 aromatic rings. The van der Waals surface area contributed by atoms with Crippen molar-refractivity contribution in [3.05, 3.63) is 42.5 Å². The molecule has 4 rings (SSSR count). The van der Waals surface area contributed by atoms with Gasteiger partial charge in [-0.25, -0.2) is 0 Å². The Balaban J connectivity index is 1.75. The first-order valence-corrected chi connectivity index (χ1v) is 8.10. The van der Waals surface area contributed by atoms with E-state index in [1.807, 2.05) is 12.1 Å². The minimum atomic E-state index is -1.79. The van der Waals surface area contributed by atoms with Gasteiger partial charge >= 0.3 is 0 Å². The van der Waals surface area contributed by atoms with Crippen molar-refractivity contribution in [1.29, 1.82) is 0 Å². The van der Waals surface area contributed by atoms with E-state index in [1.165, 1.54) is 6.07 Å². The van der Waals surface area contributed by atoms with Crippen molar-refractivity contribution in [2.45, 2.75) is 18.0 Å². The topological polar surface area (TPSA) is 120 Å². The highest BCUT2D eigenvalue weighted by Gasteiger charge is 2.49. The molecule has 136 valence electrons. The van der Waals surface area contributed by atoms with E-state index in [0.29, 0.717) is 16.2 Å². The number of aliphatic hydroxyl groups excluding tert-OH is 2. The van der Waals surface area contributed by atoms with Gasteiger partial charge < -0.3 is 35.0 Å². The molecule has 26 heavy (non-hydrogen) atoms. The van der Waals surface area contributed by atoms with Gasteiger partial charge in [-0.2, -0.15) is 0 Å². The summed E-state index contributed by atoms with van der Waals surface area (Å²) in [6.45, 7) is -0.935. The van der Waals surface area contributed by atoms with Crippen LogP contribution in [0.1, 0.15) is 0 Å². The van der Waals surface area contributed by atoms with Gasteiger partial charge in [-0.3, -0.25) is 0 Å². The molecule has 0 unspecified atom stereocenters. The maximum atomic E-state index is 10.5. The van der Waals surface area contributed by atoms with Crippen LogP contribution in [0, 0.1) is 0 Å². The Labute approximate surface area is 148 Å². The minimum Gasteiger partial charge on any atom is -0.507 e. The normalized spacial score (nSPS) is 25.8. The minimum absolute atomic E-state index is 0.0552. The number of hydrogen-bond donors (Lipinski definition) is 5. The predicted molar refractivity (Wildman–Crippen MR) is 93.2 cm³/mol. The molecule has 3 atom stereocenters. The first-order valence-electron chi connectivity index (χ1n) is 8.10. The third kappa shape index (κ3) is 2.53. The van der Waals surface area contributed by atoms with E-state index >= 15 is 0 Å². The number of aliphatic hydroxyl groups is 3. The monoisotopic (exact) mass is 358 g/mol. The summed E-state index contributed by atoms with van der Waals surface area (Å²) in [5.41, 5.74) is -1.79. The van der Waals surface area contributed by atoms with Crippen LogP contribution in [0.25, 0.3) is 21.5 Å². The maximum Gasteiger partial charge on any atom is 0.229 e. The summed E-state index contributed by atoms with van der Waals surface area (Å²) in [7, 11) is 0. The summed E-state index contributed by atoms with van der Waals surface area (Å²) in [5, 5.41) is 52.3. The Morgan fingerprint density at radius 2 is 1.77 bits per heavy atom. The van der Waals surface area contributed by atoms with Crippen LogP contribution in [0.4, 0.5) is 0 Å². The Kier molecular flexibility index (Phi) is 3.89. The van der Waals surface area contributed by atoms with E-state index in [-0.39, 0.29) is 23.9 Å². The van der Waals surface area contributed by atoms with Gasteiger partial charge in [0.15, 0.2) is 0 Å². The van der Waals surface area contributed by atoms with Crippen LogP contribution in [-0.4, -0.2) is 56.7 Å². The van der Waals surface area contributed by atoms with Crippen molar-refractivity contribution in [2.75, 3.05) is 13.2 Å². The highest BCUT2D eigenvalue weighted by atomic mass is 16.7. The van der Waals surface area contributed by atoms with Gasteiger partial charge in [0.25, 0.3) is 0 Å². The second-order valence-corrected chi connectivity index (χ2v) is 6.49. The number of phenols is 2. The van der Waals surface area contributed by atoms with Gasteiger partial charge in [-0.15, -0.1) is 0 Å². The number of rotatable bonds is 3. The SMILES string of the molecule is OC[C@@]1(O)CO[C@H](Oc2cc(O)c3c(ccc4cccc(O)c43)c2)[C@@H]1O. The van der Waals surface area contributed by atoms with Crippen molar-refractivity contribution >= 4 is 21.5 Å². The van der Waals surface area contributed by atoms with Gasteiger partial charge in [-0.1, -0.05) is 24.3 Å². The summed E-state index contributed by atoms with van der Waals surface area (Å²) in [6.07, 6.45) is -2.62. The van der Waals surface area contributed by atoms with Crippen molar-refractivity contribution in [3.63, 3.8) is 0 Å². The summed E-state index contributed by atoms with van der Waals surface area (Å²) in [5.74, 6) is 0.171. The Morgan fingerprint density at radius 1 is 1.04 bits per heavy atom. The fraction of sp³-hybridized carbons (Fsp3) is 0.263. The molecule has 1 saturated heterocycles. The molecule has 1 aliphatic heterocycles. The Bertz CT molecular complexity index is 986. The van der Waals surface area contributed by atoms with Crippen LogP contribution in [0.15, 0.2) is 42.5 Å². The first kappa shape index (κ1) is 16.9. The quantitative estimate of drug-likeness (QED) is 0.447. The summed E-state index contributed by atoms with van der Waals surface area (Å²) in [6, 6.07) is 11.7. The molecule has 0 aromatic heterocycles. The van der Waals surface area contributed by atoms with Gasteiger partial charge in [0.1, 0.15) is 29.0 Å². The van der Waals surface area contributed by atoms with Gasteiger partial charge in [0.2, 0.25) is 6.29 Å². The predicted octanol–water partition coefficient (Wildman–Crippen LogP) is 1.22. The van der Waals surface area contributed by atoms with Crippen LogP contribution in [0.3, 0.4) is 0 Å².